The summed E-state index contributed by atoms with van der Waals surface area (Å²) in [6.45, 7) is 2.32. The van der Waals surface area contributed by atoms with Crippen LogP contribution in [0.1, 0.15) is 12.5 Å². The molecule has 0 saturated carbocycles. The summed E-state index contributed by atoms with van der Waals surface area (Å²) < 4.78 is 23.9. The quantitative estimate of drug-likeness (QED) is 0.394. The molecule has 5 rings (SSSR count). The Balaban J connectivity index is 1.55. The first-order chi connectivity index (χ1) is 18.0. The van der Waals surface area contributed by atoms with Crippen molar-refractivity contribution < 1.29 is 28.5 Å². The molecule has 11 nitrogen and oxygen atoms in total. The second kappa shape index (κ2) is 10.1. The Morgan fingerprint density at radius 2 is 1.86 bits per heavy atom. The van der Waals surface area contributed by atoms with Crippen molar-refractivity contribution >= 4 is 29.1 Å². The van der Waals surface area contributed by atoms with Crippen LogP contribution in [-0.2, 0) is 16.0 Å². The van der Waals surface area contributed by atoms with Crippen molar-refractivity contribution in [3.63, 3.8) is 0 Å². The summed E-state index contributed by atoms with van der Waals surface area (Å²) in [7, 11) is 3.07. The minimum absolute atomic E-state index is 0.0256. The van der Waals surface area contributed by atoms with Crippen molar-refractivity contribution in [3.8, 4) is 34.3 Å². The number of amides is 2. The molecule has 1 aliphatic heterocycles. The number of anilines is 2. The van der Waals surface area contributed by atoms with Crippen molar-refractivity contribution in [3.05, 3.63) is 54.4 Å². The monoisotopic (exact) mass is 503 g/mol. The highest BCUT2D eigenvalue weighted by molar-refractivity contribution is 5.96. The second-order valence-electron chi connectivity index (χ2n) is 8.23. The van der Waals surface area contributed by atoms with Gasteiger partial charge in [0.15, 0.2) is 28.6 Å². The van der Waals surface area contributed by atoms with Gasteiger partial charge >= 0.3 is 0 Å². The standard InChI is InChI=1S/C26H25N5O6/c1-15(32)28-21-14-31-22(13-27-21)29-24(16-7-8-18-20(11-16)37-10-9-36-18)26(31)30-23(33)12-17-5-4-6-19(34-2)25(17)35-3/h4-8,11,13-14H,9-10,12H2,1-3H3,(H,28,32)(H,30,33). The first-order valence-corrected chi connectivity index (χ1v) is 11.5. The number of methoxy groups -OCH3 is 2. The van der Waals surface area contributed by atoms with Crippen molar-refractivity contribution in [2.75, 3.05) is 38.1 Å². The van der Waals surface area contributed by atoms with E-state index in [0.29, 0.717) is 70.3 Å². The summed E-state index contributed by atoms with van der Waals surface area (Å²) in [5.41, 5.74) is 2.36. The molecule has 0 bridgehead atoms. The number of nitrogens with one attached hydrogen (secondary N) is 2. The van der Waals surface area contributed by atoms with Gasteiger partial charge in [-0.05, 0) is 24.3 Å². The fraction of sp³-hybridized carbons (Fsp3) is 0.231. The minimum atomic E-state index is -0.301. The van der Waals surface area contributed by atoms with E-state index >= 15 is 0 Å². The molecular weight excluding hydrogens is 478 g/mol. The molecule has 190 valence electrons. The highest BCUT2D eigenvalue weighted by Gasteiger charge is 2.21. The van der Waals surface area contributed by atoms with Crippen molar-refractivity contribution in [2.45, 2.75) is 13.3 Å². The maximum absolute atomic E-state index is 13.3. The number of carbonyl (C=O) groups is 2. The van der Waals surface area contributed by atoms with Crippen molar-refractivity contribution in [1.82, 2.24) is 14.4 Å². The average Bonchev–Trinajstić information content (AvgIpc) is 3.25. The number of benzene rings is 2. The van der Waals surface area contributed by atoms with Gasteiger partial charge in [-0.15, -0.1) is 0 Å². The van der Waals surface area contributed by atoms with Crippen LogP contribution in [0.25, 0.3) is 16.9 Å². The van der Waals surface area contributed by atoms with Gasteiger partial charge < -0.3 is 29.6 Å². The van der Waals surface area contributed by atoms with Gasteiger partial charge in [0.1, 0.15) is 30.5 Å². The Labute approximate surface area is 212 Å². The molecule has 0 atom stereocenters. The van der Waals surface area contributed by atoms with Crippen LogP contribution in [0.5, 0.6) is 23.0 Å². The van der Waals surface area contributed by atoms with E-state index in [1.54, 1.807) is 35.9 Å². The SMILES string of the molecule is COc1cccc(CC(=O)Nc2c(-c3ccc4c(c3)OCCO4)nc3cnc(NC(C)=O)cn23)c1OC. The molecule has 4 aromatic rings. The van der Waals surface area contributed by atoms with Gasteiger partial charge in [0, 0.05) is 18.1 Å². The minimum Gasteiger partial charge on any atom is -0.493 e. The normalized spacial score (nSPS) is 12.2. The maximum atomic E-state index is 13.3. The summed E-state index contributed by atoms with van der Waals surface area (Å²) in [4.78, 5) is 33.8. The molecule has 2 N–H and O–H groups in total. The van der Waals surface area contributed by atoms with Gasteiger partial charge in [0.25, 0.3) is 0 Å². The predicted molar refractivity (Wildman–Crippen MR) is 136 cm³/mol. The number of fused-ring (bicyclic) bond motifs is 2. The number of ether oxygens (including phenoxy) is 4. The van der Waals surface area contributed by atoms with Gasteiger partial charge in [0.05, 0.1) is 33.0 Å². The van der Waals surface area contributed by atoms with E-state index in [0.717, 1.165) is 0 Å². The number of carbonyl (C=O) groups excluding carboxylic acids is 2. The Kier molecular flexibility index (Phi) is 6.50. The van der Waals surface area contributed by atoms with Crippen LogP contribution in [0.4, 0.5) is 11.6 Å². The van der Waals surface area contributed by atoms with Crippen LogP contribution in [0.2, 0.25) is 0 Å². The molecule has 0 aliphatic carbocycles. The third-order valence-electron chi connectivity index (χ3n) is 5.72. The van der Waals surface area contributed by atoms with Gasteiger partial charge in [-0.25, -0.2) is 9.97 Å². The molecule has 0 unspecified atom stereocenters. The zero-order chi connectivity index (χ0) is 25.9. The van der Waals surface area contributed by atoms with E-state index < -0.39 is 0 Å². The first kappa shape index (κ1) is 23.9. The molecule has 37 heavy (non-hydrogen) atoms. The molecule has 0 fully saturated rings. The van der Waals surface area contributed by atoms with E-state index in [-0.39, 0.29) is 18.2 Å². The van der Waals surface area contributed by atoms with Crippen LogP contribution in [0.15, 0.2) is 48.8 Å². The number of nitrogens with zero attached hydrogens (tertiary/aromatic N) is 3. The highest BCUT2D eigenvalue weighted by atomic mass is 16.6. The fourth-order valence-corrected chi connectivity index (χ4v) is 4.15. The molecule has 0 spiro atoms. The summed E-state index contributed by atoms with van der Waals surface area (Å²) in [5.74, 6) is 2.41. The van der Waals surface area contributed by atoms with E-state index in [1.165, 1.54) is 20.2 Å². The van der Waals surface area contributed by atoms with Crippen molar-refractivity contribution in [1.29, 1.82) is 0 Å². The van der Waals surface area contributed by atoms with E-state index in [2.05, 4.69) is 15.6 Å². The Morgan fingerprint density at radius 3 is 2.62 bits per heavy atom. The van der Waals surface area contributed by atoms with Crippen LogP contribution < -0.4 is 29.6 Å². The average molecular weight is 504 g/mol. The topological polar surface area (TPSA) is 125 Å². The highest BCUT2D eigenvalue weighted by Crippen LogP contribution is 2.37. The van der Waals surface area contributed by atoms with Crippen LogP contribution in [-0.4, -0.2) is 53.6 Å². The van der Waals surface area contributed by atoms with E-state index in [4.69, 9.17) is 23.9 Å². The molecule has 1 aliphatic rings. The lowest BCUT2D eigenvalue weighted by atomic mass is 10.1. The van der Waals surface area contributed by atoms with Crippen LogP contribution in [0, 0.1) is 0 Å². The molecule has 11 heteroatoms. The van der Waals surface area contributed by atoms with Crippen LogP contribution in [0.3, 0.4) is 0 Å². The molecule has 3 heterocycles. The van der Waals surface area contributed by atoms with Gasteiger partial charge in [-0.1, -0.05) is 12.1 Å². The molecular formula is C26H25N5O6. The van der Waals surface area contributed by atoms with Gasteiger partial charge in [-0.3, -0.25) is 14.0 Å². The number of para-hydroxylation sites is 1. The van der Waals surface area contributed by atoms with E-state index in [1.807, 2.05) is 18.2 Å². The van der Waals surface area contributed by atoms with E-state index in [9.17, 15) is 9.59 Å². The number of aromatic nitrogens is 3. The third kappa shape index (κ3) is 4.83. The Morgan fingerprint density at radius 1 is 1.05 bits per heavy atom. The molecule has 2 aromatic carbocycles. The van der Waals surface area contributed by atoms with Crippen LogP contribution >= 0.6 is 0 Å². The largest absolute Gasteiger partial charge is 0.493 e. The summed E-state index contributed by atoms with van der Waals surface area (Å²) in [6, 6.07) is 10.8. The molecule has 2 aromatic heterocycles. The lowest BCUT2D eigenvalue weighted by molar-refractivity contribution is -0.116. The first-order valence-electron chi connectivity index (χ1n) is 11.5. The number of imidazole rings is 1. The summed E-state index contributed by atoms with van der Waals surface area (Å²) in [6.07, 6.45) is 3.15. The smallest absolute Gasteiger partial charge is 0.230 e. The van der Waals surface area contributed by atoms with Gasteiger partial charge in [-0.2, -0.15) is 0 Å². The molecule has 2 amide bonds. The predicted octanol–water partition coefficient (Wildman–Crippen LogP) is 3.32. The maximum Gasteiger partial charge on any atom is 0.230 e. The molecule has 0 radical (unpaired) electrons. The summed E-state index contributed by atoms with van der Waals surface area (Å²) in [5, 5.41) is 5.64. The Bertz CT molecular complexity index is 1500. The van der Waals surface area contributed by atoms with Gasteiger partial charge in [0.2, 0.25) is 11.8 Å². The number of rotatable bonds is 7. The number of hydrogen-bond donors (Lipinski definition) is 2. The lowest BCUT2D eigenvalue weighted by Gasteiger charge is -2.18. The third-order valence-corrected chi connectivity index (χ3v) is 5.72. The summed E-state index contributed by atoms with van der Waals surface area (Å²) >= 11 is 0. The number of hydrogen-bond acceptors (Lipinski definition) is 8. The Hall–Kier alpha value is -4.80. The van der Waals surface area contributed by atoms with Crippen molar-refractivity contribution in [2.24, 2.45) is 0 Å². The molecule has 0 saturated heterocycles. The zero-order valence-electron chi connectivity index (χ0n) is 20.5. The lowest BCUT2D eigenvalue weighted by Crippen LogP contribution is -2.17. The second-order valence-corrected chi connectivity index (χ2v) is 8.23. The fourth-order valence-electron chi connectivity index (χ4n) is 4.15. The zero-order valence-corrected chi connectivity index (χ0v) is 20.5.